The van der Waals surface area contributed by atoms with E-state index in [1.807, 2.05) is 18.2 Å². The Morgan fingerprint density at radius 1 is 1.17 bits per heavy atom. The lowest BCUT2D eigenvalue weighted by Gasteiger charge is -2.20. The van der Waals surface area contributed by atoms with E-state index < -0.39 is 15.8 Å². The van der Waals surface area contributed by atoms with E-state index in [0.29, 0.717) is 21.8 Å². The molecule has 1 aliphatic rings. The van der Waals surface area contributed by atoms with E-state index in [0.717, 1.165) is 24.6 Å². The molecule has 1 atom stereocenters. The van der Waals surface area contributed by atoms with Gasteiger partial charge in [0.1, 0.15) is 5.65 Å². The van der Waals surface area contributed by atoms with Crippen molar-refractivity contribution in [2.45, 2.75) is 55.8 Å². The lowest BCUT2D eigenvalue weighted by molar-refractivity contribution is 0.0173. The molecule has 4 rings (SSSR count). The Morgan fingerprint density at radius 2 is 1.83 bits per heavy atom. The monoisotopic (exact) mass is 432 g/mol. The van der Waals surface area contributed by atoms with Crippen LogP contribution in [-0.4, -0.2) is 24.6 Å². The molecular formula is C23H26F2N2O2S. The summed E-state index contributed by atoms with van der Waals surface area (Å²) in [5.41, 5.74) is 2.42. The van der Waals surface area contributed by atoms with Crippen molar-refractivity contribution >= 4 is 20.9 Å². The molecule has 2 heterocycles. The Kier molecular flexibility index (Phi) is 5.43. The number of hydrogen-bond acceptors (Lipinski definition) is 3. The molecule has 0 radical (unpaired) electrons. The Balaban J connectivity index is 1.73. The van der Waals surface area contributed by atoms with Crippen molar-refractivity contribution in [3.63, 3.8) is 0 Å². The third kappa shape index (κ3) is 4.41. The van der Waals surface area contributed by atoms with Gasteiger partial charge in [-0.3, -0.25) is 0 Å². The normalized spacial score (nSPS) is 16.9. The van der Waals surface area contributed by atoms with E-state index >= 15 is 0 Å². The van der Waals surface area contributed by atoms with Gasteiger partial charge in [0.2, 0.25) is 0 Å². The molecule has 1 N–H and O–H groups in total. The van der Waals surface area contributed by atoms with Crippen LogP contribution in [-0.2, 0) is 15.8 Å². The molecule has 1 aliphatic carbocycles. The number of halogens is 2. The molecule has 7 heteroatoms. The second-order valence-corrected chi connectivity index (χ2v) is 10.6. The molecule has 1 fully saturated rings. The van der Waals surface area contributed by atoms with Gasteiger partial charge in [-0.2, -0.15) is 0 Å². The van der Waals surface area contributed by atoms with Crippen molar-refractivity contribution < 1.29 is 17.2 Å². The molecular weight excluding hydrogens is 406 g/mol. The van der Waals surface area contributed by atoms with Crippen LogP contribution in [0.15, 0.2) is 47.5 Å². The van der Waals surface area contributed by atoms with Crippen LogP contribution in [0, 0.1) is 5.92 Å². The summed E-state index contributed by atoms with van der Waals surface area (Å²) < 4.78 is 51.1. The molecule has 1 aromatic carbocycles. The van der Waals surface area contributed by atoms with Crippen LogP contribution in [0.25, 0.3) is 11.0 Å². The van der Waals surface area contributed by atoms with Crippen LogP contribution >= 0.6 is 0 Å². The van der Waals surface area contributed by atoms with Crippen molar-refractivity contribution in [2.24, 2.45) is 5.92 Å². The summed E-state index contributed by atoms with van der Waals surface area (Å²) in [6.07, 6.45) is 8.17. The highest BCUT2D eigenvalue weighted by molar-refractivity contribution is 7.90. The maximum atomic E-state index is 13.7. The standard InChI is InChI=1S/C23H26F2N2O2S/c1-23(24,25)18-12-17-13-21(27-22(17)26-14-18)20(11-15-5-3-4-6-15)16-7-9-19(10-8-16)30(2,28)29/h7-10,12-15,20H,3-6,11H2,1-2H3,(H,26,27). The SMILES string of the molecule is CC(F)(F)c1cnc2[nH]c(C(CC3CCCC3)c3ccc(S(C)(=O)=O)cc3)cc2c1. The number of pyridine rings is 1. The summed E-state index contributed by atoms with van der Waals surface area (Å²) in [7, 11) is -3.26. The zero-order chi connectivity index (χ0) is 21.5. The van der Waals surface area contributed by atoms with Crippen molar-refractivity contribution in [2.75, 3.05) is 6.26 Å². The van der Waals surface area contributed by atoms with Gasteiger partial charge in [-0.25, -0.2) is 22.2 Å². The average Bonchev–Trinajstić information content (AvgIpc) is 3.33. The summed E-state index contributed by atoms with van der Waals surface area (Å²) in [6, 6.07) is 10.4. The first-order valence-electron chi connectivity index (χ1n) is 10.3. The maximum absolute atomic E-state index is 13.7. The van der Waals surface area contributed by atoms with Crippen LogP contribution in [0.1, 0.15) is 61.8 Å². The summed E-state index contributed by atoms with van der Waals surface area (Å²) in [5.74, 6) is -2.32. The van der Waals surface area contributed by atoms with Crippen LogP contribution < -0.4 is 0 Å². The van der Waals surface area contributed by atoms with Crippen molar-refractivity contribution in [1.82, 2.24) is 9.97 Å². The number of nitrogens with zero attached hydrogens (tertiary/aromatic N) is 1. The Labute approximate surface area is 175 Å². The summed E-state index contributed by atoms with van der Waals surface area (Å²) in [6.45, 7) is 0.871. The Hall–Kier alpha value is -2.28. The van der Waals surface area contributed by atoms with Gasteiger partial charge in [0, 0.05) is 41.9 Å². The van der Waals surface area contributed by atoms with E-state index in [4.69, 9.17) is 0 Å². The van der Waals surface area contributed by atoms with Crippen LogP contribution in [0.3, 0.4) is 0 Å². The molecule has 1 saturated carbocycles. The molecule has 0 aliphatic heterocycles. The van der Waals surface area contributed by atoms with E-state index in [2.05, 4.69) is 9.97 Å². The fourth-order valence-corrected chi connectivity index (χ4v) is 5.06. The molecule has 2 aromatic heterocycles. The number of benzene rings is 1. The first-order chi connectivity index (χ1) is 14.1. The summed E-state index contributed by atoms with van der Waals surface area (Å²) in [5, 5.41) is 0.660. The third-order valence-corrected chi connectivity index (χ3v) is 7.26. The van der Waals surface area contributed by atoms with E-state index in [1.54, 1.807) is 12.1 Å². The number of sulfone groups is 1. The van der Waals surface area contributed by atoms with Gasteiger partial charge in [-0.15, -0.1) is 0 Å². The number of nitrogens with one attached hydrogen (secondary N) is 1. The van der Waals surface area contributed by atoms with Gasteiger partial charge in [0.15, 0.2) is 9.84 Å². The largest absolute Gasteiger partial charge is 0.343 e. The zero-order valence-corrected chi connectivity index (χ0v) is 18.0. The second-order valence-electron chi connectivity index (χ2n) is 8.55. The Morgan fingerprint density at radius 3 is 2.43 bits per heavy atom. The zero-order valence-electron chi connectivity index (χ0n) is 17.2. The fraction of sp³-hybridized carbons (Fsp3) is 0.435. The molecule has 3 aromatic rings. The van der Waals surface area contributed by atoms with Crippen molar-refractivity contribution in [1.29, 1.82) is 0 Å². The smallest absolute Gasteiger partial charge is 0.272 e. The molecule has 0 saturated heterocycles. The van der Waals surface area contributed by atoms with E-state index in [1.165, 1.54) is 44.2 Å². The number of rotatable bonds is 6. The molecule has 0 spiro atoms. The van der Waals surface area contributed by atoms with Crippen LogP contribution in [0.4, 0.5) is 8.78 Å². The lowest BCUT2D eigenvalue weighted by atomic mass is 9.85. The predicted octanol–water partition coefficient (Wildman–Crippen LogP) is 5.79. The van der Waals surface area contributed by atoms with Crippen molar-refractivity contribution in [3.05, 3.63) is 59.4 Å². The highest BCUT2D eigenvalue weighted by atomic mass is 32.2. The number of H-pyrrole nitrogens is 1. The van der Waals surface area contributed by atoms with Gasteiger partial charge in [0.25, 0.3) is 5.92 Å². The van der Waals surface area contributed by atoms with E-state index in [9.17, 15) is 17.2 Å². The van der Waals surface area contributed by atoms with Gasteiger partial charge in [-0.05, 0) is 42.2 Å². The molecule has 0 amide bonds. The van der Waals surface area contributed by atoms with Gasteiger partial charge in [-0.1, -0.05) is 37.8 Å². The number of aromatic amines is 1. The van der Waals surface area contributed by atoms with E-state index in [-0.39, 0.29) is 11.5 Å². The number of hydrogen-bond donors (Lipinski definition) is 1. The van der Waals surface area contributed by atoms with Crippen LogP contribution in [0.5, 0.6) is 0 Å². The topological polar surface area (TPSA) is 62.8 Å². The fourth-order valence-electron chi connectivity index (χ4n) is 4.43. The first-order valence-corrected chi connectivity index (χ1v) is 12.2. The minimum Gasteiger partial charge on any atom is -0.343 e. The number of fused-ring (bicyclic) bond motifs is 1. The quantitative estimate of drug-likeness (QED) is 0.536. The van der Waals surface area contributed by atoms with Gasteiger partial charge < -0.3 is 4.98 Å². The number of aromatic nitrogens is 2. The first kappa shape index (κ1) is 21.0. The Bertz CT molecular complexity index is 1140. The molecule has 30 heavy (non-hydrogen) atoms. The minimum absolute atomic E-state index is 0.0292. The third-order valence-electron chi connectivity index (χ3n) is 6.13. The maximum Gasteiger partial charge on any atom is 0.272 e. The second kappa shape index (κ2) is 7.76. The van der Waals surface area contributed by atoms with Crippen LogP contribution in [0.2, 0.25) is 0 Å². The predicted molar refractivity (Wildman–Crippen MR) is 114 cm³/mol. The summed E-state index contributed by atoms with van der Waals surface area (Å²) >= 11 is 0. The lowest BCUT2D eigenvalue weighted by Crippen LogP contribution is -2.08. The molecule has 0 bridgehead atoms. The molecule has 4 nitrogen and oxygen atoms in total. The molecule has 1 unspecified atom stereocenters. The van der Waals surface area contributed by atoms with Gasteiger partial charge in [0.05, 0.1) is 4.90 Å². The molecule has 160 valence electrons. The van der Waals surface area contributed by atoms with Gasteiger partial charge >= 0.3 is 0 Å². The average molecular weight is 433 g/mol. The highest BCUT2D eigenvalue weighted by Gasteiger charge is 2.27. The van der Waals surface area contributed by atoms with Crippen molar-refractivity contribution in [3.8, 4) is 0 Å². The number of alkyl halides is 2. The highest BCUT2D eigenvalue weighted by Crippen LogP contribution is 2.39. The summed E-state index contributed by atoms with van der Waals surface area (Å²) in [4.78, 5) is 7.82. The minimum atomic E-state index is -3.26.